The first-order valence-electron chi connectivity index (χ1n) is 16.5. The molecule has 0 bridgehead atoms. The SMILES string of the molecule is NCCNC(=O)c1ccc(C2=c3cc4c5c(c3Oc3c2cc2c6c3CCCN6CCC2)CCC[N+]=5CCC4)cc1.O=C([O-])C(F)(F)F. The number of fused-ring (bicyclic) bond motifs is 4. The highest BCUT2D eigenvalue weighted by Crippen LogP contribution is 2.48. The number of carboxylic acids is 1. The second kappa shape index (κ2) is 12.3. The summed E-state index contributed by atoms with van der Waals surface area (Å²) in [6.07, 6.45) is 3.94. The maximum absolute atomic E-state index is 12.6. The largest absolute Gasteiger partial charge is 0.542 e. The lowest BCUT2D eigenvalue weighted by molar-refractivity contribution is -0.344. The van der Waals surface area contributed by atoms with E-state index < -0.39 is 12.1 Å². The summed E-state index contributed by atoms with van der Waals surface area (Å²) in [5.41, 5.74) is 17.1. The normalized spacial score (nSPS) is 17.2. The van der Waals surface area contributed by atoms with Crippen molar-refractivity contribution in [1.29, 1.82) is 0 Å². The lowest BCUT2D eigenvalue weighted by Crippen LogP contribution is -2.45. The monoisotopic (exact) mass is 646 g/mol. The molecule has 0 aliphatic carbocycles. The molecule has 0 saturated carbocycles. The van der Waals surface area contributed by atoms with Crippen molar-refractivity contribution in [1.82, 2.24) is 9.89 Å². The Morgan fingerprint density at radius 2 is 1.57 bits per heavy atom. The quantitative estimate of drug-likeness (QED) is 0.329. The molecule has 246 valence electrons. The van der Waals surface area contributed by atoms with E-state index in [0.29, 0.717) is 18.7 Å². The number of amides is 1. The second-order valence-corrected chi connectivity index (χ2v) is 12.8. The van der Waals surface area contributed by atoms with Crippen molar-refractivity contribution in [2.24, 2.45) is 5.73 Å². The Morgan fingerprint density at radius 3 is 2.28 bits per heavy atom. The molecule has 8 nitrogen and oxygen atoms in total. The lowest BCUT2D eigenvalue weighted by atomic mass is 9.82. The van der Waals surface area contributed by atoms with Crippen LogP contribution in [0.1, 0.15) is 69.4 Å². The smallest absolute Gasteiger partial charge is 0.430 e. The van der Waals surface area contributed by atoms with E-state index in [1.807, 2.05) is 12.1 Å². The van der Waals surface area contributed by atoms with Crippen LogP contribution in [0.15, 0.2) is 36.4 Å². The molecule has 0 atom stereocenters. The molecule has 5 heterocycles. The highest BCUT2D eigenvalue weighted by Gasteiger charge is 2.35. The van der Waals surface area contributed by atoms with Crippen LogP contribution < -0.4 is 40.9 Å². The van der Waals surface area contributed by atoms with Gasteiger partial charge in [0.15, 0.2) is 0 Å². The van der Waals surface area contributed by atoms with E-state index in [1.54, 1.807) is 0 Å². The molecule has 47 heavy (non-hydrogen) atoms. The predicted molar refractivity (Wildman–Crippen MR) is 169 cm³/mol. The van der Waals surface area contributed by atoms with E-state index in [9.17, 15) is 18.0 Å². The van der Waals surface area contributed by atoms with Crippen molar-refractivity contribution in [2.75, 3.05) is 44.2 Å². The Labute approximate surface area is 270 Å². The van der Waals surface area contributed by atoms with Crippen LogP contribution >= 0.6 is 0 Å². The number of carbonyl (C=O) groups excluding carboxylic acids is 2. The van der Waals surface area contributed by atoms with Crippen LogP contribution in [-0.4, -0.2) is 57.3 Å². The number of aryl methyl sites for hydroxylation is 2. The number of anilines is 1. The van der Waals surface area contributed by atoms with E-state index in [-0.39, 0.29) is 5.91 Å². The Balaban J connectivity index is 0.000000455. The number of carboxylic acid groups (broad SMARTS) is 1. The molecule has 0 saturated heterocycles. The Morgan fingerprint density at radius 1 is 0.915 bits per heavy atom. The van der Waals surface area contributed by atoms with Crippen molar-refractivity contribution in [3.8, 4) is 11.5 Å². The van der Waals surface area contributed by atoms with Gasteiger partial charge in [0, 0.05) is 77.8 Å². The molecular formula is C36H37F3N4O4. The first-order chi connectivity index (χ1) is 22.7. The summed E-state index contributed by atoms with van der Waals surface area (Å²) in [7, 11) is 0. The van der Waals surface area contributed by atoms with E-state index in [2.05, 4.69) is 39.1 Å². The number of ether oxygens (including phenoxy) is 1. The predicted octanol–water partition coefficient (Wildman–Crippen LogP) is 2.11. The number of alkyl halides is 3. The van der Waals surface area contributed by atoms with Crippen LogP contribution in [0.3, 0.4) is 0 Å². The fourth-order valence-electron chi connectivity index (χ4n) is 7.90. The standard InChI is InChI=1S/C34H36N4O2.C2HF3O2/c35-13-14-36-34(39)22-11-9-21(10-12-22)29-27-19-23-5-1-15-37-17-3-7-25(30(23)37)32(27)40-33-26-8-4-18-38-16-2-6-24(31(26)38)20-28(29)33;3-2(4,5)1(6)7/h9-12,19-20H,1-8,13-18,35H2;(H,6,7). The molecule has 0 radical (unpaired) electrons. The van der Waals surface area contributed by atoms with Gasteiger partial charge >= 0.3 is 6.18 Å². The fraction of sp³-hybridized carbons (Fsp3) is 0.417. The van der Waals surface area contributed by atoms with Crippen LogP contribution in [0.4, 0.5) is 18.9 Å². The van der Waals surface area contributed by atoms with Gasteiger partial charge in [0.2, 0.25) is 5.36 Å². The van der Waals surface area contributed by atoms with E-state index >= 15 is 0 Å². The van der Waals surface area contributed by atoms with Crippen LogP contribution in [0.5, 0.6) is 11.5 Å². The highest BCUT2D eigenvalue weighted by atomic mass is 19.4. The third-order valence-electron chi connectivity index (χ3n) is 9.78. The highest BCUT2D eigenvalue weighted by molar-refractivity contribution is 5.95. The Bertz CT molecular complexity index is 1900. The fourth-order valence-corrected chi connectivity index (χ4v) is 7.90. The maximum Gasteiger partial charge on any atom is 0.430 e. The van der Waals surface area contributed by atoms with Gasteiger partial charge in [-0.2, -0.15) is 13.2 Å². The summed E-state index contributed by atoms with van der Waals surface area (Å²) >= 11 is 0. The molecule has 3 aromatic rings. The van der Waals surface area contributed by atoms with E-state index in [1.165, 1.54) is 75.3 Å². The summed E-state index contributed by atoms with van der Waals surface area (Å²) in [6, 6.07) is 13.0. The van der Waals surface area contributed by atoms with Gasteiger partial charge < -0.3 is 30.6 Å². The molecule has 0 fully saturated rings. The zero-order valence-electron chi connectivity index (χ0n) is 26.1. The molecule has 1 amide bonds. The number of carbonyl (C=O) groups is 2. The van der Waals surface area contributed by atoms with Crippen LogP contribution in [0.25, 0.3) is 5.57 Å². The summed E-state index contributed by atoms with van der Waals surface area (Å²) in [6.45, 7) is 5.50. The van der Waals surface area contributed by atoms with E-state index in [0.717, 1.165) is 68.9 Å². The van der Waals surface area contributed by atoms with Gasteiger partial charge in [-0.05, 0) is 73.9 Å². The third kappa shape index (κ3) is 5.64. The first kappa shape index (κ1) is 31.2. The molecule has 5 aliphatic rings. The minimum Gasteiger partial charge on any atom is -0.542 e. The summed E-state index contributed by atoms with van der Waals surface area (Å²) in [4.78, 5) is 24.0. The van der Waals surface area contributed by atoms with Crippen molar-refractivity contribution in [3.63, 3.8) is 0 Å². The number of hydrogen-bond donors (Lipinski definition) is 2. The number of nitrogens with one attached hydrogen (secondary N) is 1. The number of benzene rings is 3. The number of nitrogens with zero attached hydrogens (tertiary/aromatic N) is 2. The minimum atomic E-state index is -5.19. The van der Waals surface area contributed by atoms with Gasteiger partial charge in [0.1, 0.15) is 30.6 Å². The van der Waals surface area contributed by atoms with Crippen LogP contribution in [0.2, 0.25) is 0 Å². The van der Waals surface area contributed by atoms with Gasteiger partial charge in [-0.1, -0.05) is 12.1 Å². The molecule has 0 unspecified atom stereocenters. The van der Waals surface area contributed by atoms with Crippen molar-refractivity contribution in [3.05, 3.63) is 85.9 Å². The molecular weight excluding hydrogens is 609 g/mol. The third-order valence-corrected chi connectivity index (χ3v) is 9.78. The number of aliphatic carboxylic acids is 1. The molecule has 3 N–H and O–H groups in total. The minimum absolute atomic E-state index is 0.0769. The molecule has 8 rings (SSSR count). The summed E-state index contributed by atoms with van der Waals surface area (Å²) < 4.78 is 41.3. The summed E-state index contributed by atoms with van der Waals surface area (Å²) in [5.74, 6) is -0.942. The molecule has 5 aliphatic heterocycles. The van der Waals surface area contributed by atoms with E-state index in [4.69, 9.17) is 20.4 Å². The van der Waals surface area contributed by atoms with Crippen LogP contribution in [0, 0.1) is 0 Å². The average Bonchev–Trinajstić information content (AvgIpc) is 3.07. The van der Waals surface area contributed by atoms with Gasteiger partial charge in [0.25, 0.3) is 5.91 Å². The van der Waals surface area contributed by atoms with Gasteiger partial charge in [0.05, 0.1) is 5.56 Å². The number of halogens is 3. The second-order valence-electron chi connectivity index (χ2n) is 12.8. The van der Waals surface area contributed by atoms with Crippen LogP contribution in [-0.2, 0) is 30.5 Å². The molecule has 0 spiro atoms. The maximum atomic E-state index is 12.6. The summed E-state index contributed by atoms with van der Waals surface area (Å²) in [5, 5.41) is 14.4. The zero-order valence-corrected chi connectivity index (χ0v) is 26.1. The van der Waals surface area contributed by atoms with Crippen molar-refractivity contribution in [2.45, 2.75) is 57.5 Å². The molecule has 3 aromatic carbocycles. The van der Waals surface area contributed by atoms with Crippen molar-refractivity contribution < 1.29 is 32.6 Å². The number of rotatable bonds is 4. The average molecular weight is 647 g/mol. The molecule has 11 heteroatoms. The Hall–Kier alpha value is -4.38. The molecule has 0 aromatic heterocycles. The van der Waals surface area contributed by atoms with Gasteiger partial charge in [-0.15, -0.1) is 0 Å². The topological polar surface area (TPSA) is 111 Å². The van der Waals surface area contributed by atoms with Gasteiger partial charge in [-0.25, -0.2) is 4.58 Å². The number of hydrogen-bond acceptors (Lipinski definition) is 6. The zero-order chi connectivity index (χ0) is 32.9. The van der Waals surface area contributed by atoms with Gasteiger partial charge in [-0.3, -0.25) is 4.79 Å². The van der Waals surface area contributed by atoms with Crippen molar-refractivity contribution >= 4 is 23.1 Å². The number of nitrogens with two attached hydrogens (primary N) is 1. The lowest BCUT2D eigenvalue weighted by Gasteiger charge is -2.39. The first-order valence-corrected chi connectivity index (χ1v) is 16.5. The Kier molecular flexibility index (Phi) is 8.20.